The van der Waals surface area contributed by atoms with Crippen LogP contribution in [0.2, 0.25) is 0 Å². The average molecular weight is 144 g/mol. The standard InChI is InChI=1S/C7H12O3/c1-4(8)6(9)7(10)5-2-3-5/h5-7,9-10H,2-3H2,1H3/t6-,7-/m1/s1. The van der Waals surface area contributed by atoms with Crippen molar-refractivity contribution in [1.29, 1.82) is 0 Å². The molecule has 0 radical (unpaired) electrons. The summed E-state index contributed by atoms with van der Waals surface area (Å²) in [5.74, 6) is -0.182. The van der Waals surface area contributed by atoms with E-state index in [2.05, 4.69) is 0 Å². The van der Waals surface area contributed by atoms with E-state index in [9.17, 15) is 4.79 Å². The van der Waals surface area contributed by atoms with E-state index in [0.717, 1.165) is 12.8 Å². The highest BCUT2D eigenvalue weighted by Crippen LogP contribution is 2.33. The zero-order valence-electron chi connectivity index (χ0n) is 5.95. The molecule has 2 atom stereocenters. The van der Waals surface area contributed by atoms with E-state index in [-0.39, 0.29) is 11.7 Å². The van der Waals surface area contributed by atoms with Gasteiger partial charge in [-0.2, -0.15) is 0 Å². The summed E-state index contributed by atoms with van der Waals surface area (Å²) in [6.45, 7) is 1.29. The molecule has 0 spiro atoms. The van der Waals surface area contributed by atoms with Gasteiger partial charge in [0.1, 0.15) is 6.10 Å². The predicted molar refractivity (Wildman–Crippen MR) is 35.4 cm³/mol. The minimum absolute atomic E-state index is 0.166. The Kier molecular flexibility index (Phi) is 2.06. The quantitative estimate of drug-likeness (QED) is 0.572. The minimum atomic E-state index is -1.16. The first-order chi connectivity index (χ1) is 4.63. The first-order valence-electron chi connectivity index (χ1n) is 3.49. The minimum Gasteiger partial charge on any atom is -0.390 e. The number of carbonyl (C=O) groups is 1. The highest BCUT2D eigenvalue weighted by molar-refractivity contribution is 5.80. The van der Waals surface area contributed by atoms with Gasteiger partial charge in [0.15, 0.2) is 5.78 Å². The molecule has 1 rings (SSSR count). The summed E-state index contributed by atoms with van der Waals surface area (Å²) in [7, 11) is 0. The SMILES string of the molecule is CC(=O)[C@@H](O)[C@H](O)C1CC1. The van der Waals surface area contributed by atoms with E-state index in [1.54, 1.807) is 0 Å². The second kappa shape index (κ2) is 2.68. The van der Waals surface area contributed by atoms with Crippen LogP contribution < -0.4 is 0 Å². The lowest BCUT2D eigenvalue weighted by atomic mass is 10.1. The van der Waals surface area contributed by atoms with Crippen molar-refractivity contribution in [3.63, 3.8) is 0 Å². The zero-order valence-corrected chi connectivity index (χ0v) is 5.95. The van der Waals surface area contributed by atoms with Gasteiger partial charge >= 0.3 is 0 Å². The van der Waals surface area contributed by atoms with Crippen molar-refractivity contribution in [2.75, 3.05) is 0 Å². The van der Waals surface area contributed by atoms with E-state index >= 15 is 0 Å². The summed E-state index contributed by atoms with van der Waals surface area (Å²) < 4.78 is 0. The molecule has 58 valence electrons. The van der Waals surface area contributed by atoms with Crippen LogP contribution in [-0.2, 0) is 4.79 Å². The molecule has 1 aliphatic carbocycles. The van der Waals surface area contributed by atoms with Gasteiger partial charge in [-0.1, -0.05) is 0 Å². The summed E-state index contributed by atoms with van der Waals surface area (Å²) in [6.07, 6.45) is -0.109. The van der Waals surface area contributed by atoms with Crippen molar-refractivity contribution in [2.24, 2.45) is 5.92 Å². The Balaban J connectivity index is 2.38. The normalized spacial score (nSPS) is 23.9. The highest BCUT2D eigenvalue weighted by atomic mass is 16.3. The fraction of sp³-hybridized carbons (Fsp3) is 0.857. The molecule has 3 nitrogen and oxygen atoms in total. The van der Waals surface area contributed by atoms with Crippen LogP contribution in [0.3, 0.4) is 0 Å². The largest absolute Gasteiger partial charge is 0.390 e. The topological polar surface area (TPSA) is 57.5 Å². The van der Waals surface area contributed by atoms with Crippen molar-refractivity contribution in [3.8, 4) is 0 Å². The van der Waals surface area contributed by atoms with Crippen LogP contribution in [0.4, 0.5) is 0 Å². The molecule has 0 aromatic rings. The second-order valence-electron chi connectivity index (χ2n) is 2.88. The second-order valence-corrected chi connectivity index (χ2v) is 2.88. The third-order valence-corrected chi connectivity index (χ3v) is 1.84. The molecule has 0 bridgehead atoms. The zero-order chi connectivity index (χ0) is 7.72. The Morgan fingerprint density at radius 1 is 1.50 bits per heavy atom. The third kappa shape index (κ3) is 1.55. The van der Waals surface area contributed by atoms with Crippen LogP contribution in [-0.4, -0.2) is 28.2 Å². The molecule has 0 heterocycles. The van der Waals surface area contributed by atoms with Crippen molar-refractivity contribution in [1.82, 2.24) is 0 Å². The number of rotatable bonds is 3. The number of aliphatic hydroxyl groups is 2. The Bertz CT molecular complexity index is 140. The Morgan fingerprint density at radius 3 is 2.30 bits per heavy atom. The first-order valence-corrected chi connectivity index (χ1v) is 3.49. The maximum Gasteiger partial charge on any atom is 0.160 e. The molecule has 1 fully saturated rings. The average Bonchev–Trinajstić information content (AvgIpc) is 2.65. The van der Waals surface area contributed by atoms with Gasteiger partial charge in [0.05, 0.1) is 6.10 Å². The van der Waals surface area contributed by atoms with Crippen molar-refractivity contribution < 1.29 is 15.0 Å². The van der Waals surface area contributed by atoms with Crippen LogP contribution in [0, 0.1) is 5.92 Å². The lowest BCUT2D eigenvalue weighted by molar-refractivity contribution is -0.131. The molecule has 3 heteroatoms. The molecule has 0 aromatic heterocycles. The lowest BCUT2D eigenvalue weighted by Crippen LogP contribution is -2.33. The van der Waals surface area contributed by atoms with Crippen molar-refractivity contribution in [2.45, 2.75) is 32.0 Å². The smallest absolute Gasteiger partial charge is 0.160 e. The summed E-state index contributed by atoms with van der Waals surface area (Å²) in [5.41, 5.74) is 0. The molecule has 0 unspecified atom stereocenters. The lowest BCUT2D eigenvalue weighted by Gasteiger charge is -2.13. The number of aliphatic hydroxyl groups excluding tert-OH is 2. The van der Waals surface area contributed by atoms with E-state index < -0.39 is 12.2 Å². The molecule has 1 aliphatic rings. The third-order valence-electron chi connectivity index (χ3n) is 1.84. The fourth-order valence-corrected chi connectivity index (χ4v) is 0.936. The van der Waals surface area contributed by atoms with Crippen LogP contribution in [0.5, 0.6) is 0 Å². The number of hydrogen-bond acceptors (Lipinski definition) is 3. The summed E-state index contributed by atoms with van der Waals surface area (Å²) in [5, 5.41) is 18.2. The molecule has 0 aromatic carbocycles. The molecule has 0 saturated heterocycles. The number of Topliss-reactive ketones (excluding diaryl/α,β-unsaturated/α-hetero) is 1. The Morgan fingerprint density at radius 2 is 2.00 bits per heavy atom. The van der Waals surface area contributed by atoms with Crippen LogP contribution in [0.1, 0.15) is 19.8 Å². The monoisotopic (exact) mass is 144 g/mol. The van der Waals surface area contributed by atoms with E-state index in [1.807, 2.05) is 0 Å². The Labute approximate surface area is 59.7 Å². The number of carbonyl (C=O) groups excluding carboxylic acids is 1. The van der Waals surface area contributed by atoms with Gasteiger partial charge < -0.3 is 10.2 Å². The Hall–Kier alpha value is -0.410. The van der Waals surface area contributed by atoms with Gasteiger partial charge in [-0.25, -0.2) is 0 Å². The maximum atomic E-state index is 10.5. The van der Waals surface area contributed by atoms with Gasteiger partial charge in [0, 0.05) is 0 Å². The predicted octanol–water partition coefficient (Wildman–Crippen LogP) is -0.293. The summed E-state index contributed by atoms with van der Waals surface area (Å²) >= 11 is 0. The molecular formula is C7H12O3. The van der Waals surface area contributed by atoms with Gasteiger partial charge in [0.25, 0.3) is 0 Å². The highest BCUT2D eigenvalue weighted by Gasteiger charge is 2.36. The van der Waals surface area contributed by atoms with E-state index in [0.29, 0.717) is 0 Å². The molecule has 0 aliphatic heterocycles. The maximum absolute atomic E-state index is 10.5. The number of ketones is 1. The van der Waals surface area contributed by atoms with E-state index in [1.165, 1.54) is 6.92 Å². The number of hydrogen-bond donors (Lipinski definition) is 2. The van der Waals surface area contributed by atoms with Crippen LogP contribution in [0.15, 0.2) is 0 Å². The molecule has 2 N–H and O–H groups in total. The van der Waals surface area contributed by atoms with Gasteiger partial charge in [-0.15, -0.1) is 0 Å². The van der Waals surface area contributed by atoms with Crippen LogP contribution in [0.25, 0.3) is 0 Å². The summed E-state index contributed by atoms with van der Waals surface area (Å²) in [6, 6.07) is 0. The fourth-order valence-electron chi connectivity index (χ4n) is 0.936. The molecule has 1 saturated carbocycles. The van der Waals surface area contributed by atoms with Gasteiger partial charge in [-0.3, -0.25) is 4.79 Å². The van der Waals surface area contributed by atoms with Gasteiger partial charge in [-0.05, 0) is 25.7 Å². The van der Waals surface area contributed by atoms with Crippen molar-refractivity contribution >= 4 is 5.78 Å². The van der Waals surface area contributed by atoms with Crippen LogP contribution >= 0.6 is 0 Å². The summed E-state index contributed by atoms with van der Waals surface area (Å²) in [4.78, 5) is 10.5. The van der Waals surface area contributed by atoms with E-state index in [4.69, 9.17) is 10.2 Å². The van der Waals surface area contributed by atoms with Crippen molar-refractivity contribution in [3.05, 3.63) is 0 Å². The van der Waals surface area contributed by atoms with Gasteiger partial charge in [0.2, 0.25) is 0 Å². The molecule has 10 heavy (non-hydrogen) atoms. The molecular weight excluding hydrogens is 132 g/mol. The first kappa shape index (κ1) is 7.69. The molecule has 0 amide bonds.